The maximum absolute atomic E-state index is 12.1. The molecule has 1 heterocycles. The Morgan fingerprint density at radius 3 is 2.89 bits per heavy atom. The third kappa shape index (κ3) is 2.32. The zero-order valence-corrected chi connectivity index (χ0v) is 11.2. The maximum atomic E-state index is 12.1. The first kappa shape index (κ1) is 12.5. The molecule has 2 atom stereocenters. The van der Waals surface area contributed by atoms with Gasteiger partial charge in [-0.2, -0.15) is 0 Å². The fraction of sp³-hybridized carbons (Fsp3) is 0.533. The number of hydrogen-bond donors (Lipinski definition) is 1. The van der Waals surface area contributed by atoms with Crippen molar-refractivity contribution in [2.24, 2.45) is 5.73 Å². The molecule has 4 heteroatoms. The molecule has 2 fully saturated rings. The van der Waals surface area contributed by atoms with Crippen LogP contribution >= 0.6 is 0 Å². The first-order valence-electron chi connectivity index (χ1n) is 7.00. The van der Waals surface area contributed by atoms with Crippen LogP contribution in [-0.4, -0.2) is 29.5 Å². The van der Waals surface area contributed by atoms with Crippen molar-refractivity contribution in [3.63, 3.8) is 0 Å². The van der Waals surface area contributed by atoms with E-state index in [2.05, 4.69) is 0 Å². The van der Waals surface area contributed by atoms with Gasteiger partial charge in [-0.3, -0.25) is 4.79 Å². The summed E-state index contributed by atoms with van der Waals surface area (Å²) in [7, 11) is 0. The molecular weight excluding hydrogens is 240 g/mol. The van der Waals surface area contributed by atoms with E-state index in [0.717, 1.165) is 24.2 Å². The number of carbonyl (C=O) groups is 1. The molecule has 0 spiro atoms. The molecular formula is C15H20N2O2. The van der Waals surface area contributed by atoms with Crippen molar-refractivity contribution in [2.45, 2.75) is 44.3 Å². The molecule has 1 aromatic rings. The lowest BCUT2D eigenvalue weighted by Gasteiger charge is -2.27. The number of amides is 1. The molecule has 19 heavy (non-hydrogen) atoms. The average molecular weight is 260 g/mol. The monoisotopic (exact) mass is 260 g/mol. The van der Waals surface area contributed by atoms with Crippen molar-refractivity contribution in [3.05, 3.63) is 29.8 Å². The summed E-state index contributed by atoms with van der Waals surface area (Å²) in [6.07, 6.45) is 2.68. The summed E-state index contributed by atoms with van der Waals surface area (Å²) >= 11 is 0. The van der Waals surface area contributed by atoms with Gasteiger partial charge in [-0.15, -0.1) is 0 Å². The van der Waals surface area contributed by atoms with E-state index in [1.165, 1.54) is 0 Å². The van der Waals surface area contributed by atoms with Gasteiger partial charge in [-0.1, -0.05) is 12.1 Å². The first-order chi connectivity index (χ1) is 9.20. The Morgan fingerprint density at radius 2 is 2.21 bits per heavy atom. The van der Waals surface area contributed by atoms with Gasteiger partial charge in [-0.25, -0.2) is 0 Å². The minimum absolute atomic E-state index is 0.0143. The highest BCUT2D eigenvalue weighted by atomic mass is 16.5. The molecule has 102 valence electrons. The van der Waals surface area contributed by atoms with Crippen molar-refractivity contribution < 1.29 is 9.53 Å². The quantitative estimate of drug-likeness (QED) is 0.899. The Bertz CT molecular complexity index is 485. The number of nitrogens with two attached hydrogens (primary N) is 1. The zero-order valence-electron chi connectivity index (χ0n) is 11.2. The number of rotatable bonds is 4. The fourth-order valence-electron chi connectivity index (χ4n) is 2.93. The van der Waals surface area contributed by atoms with Gasteiger partial charge in [-0.05, 0) is 37.5 Å². The second kappa shape index (κ2) is 4.85. The van der Waals surface area contributed by atoms with Crippen LogP contribution in [0.15, 0.2) is 24.3 Å². The van der Waals surface area contributed by atoms with E-state index in [9.17, 15) is 4.79 Å². The largest absolute Gasteiger partial charge is 0.494 e. The summed E-state index contributed by atoms with van der Waals surface area (Å²) in [5.41, 5.74) is 7.27. The Hall–Kier alpha value is -1.55. The van der Waals surface area contributed by atoms with E-state index in [0.29, 0.717) is 19.1 Å². The standard InChI is InChI=1S/C15H20N2O2/c1-2-19-12-5-3-4-10(8-12)15-13(16)9-14(18)17(15)11-6-7-11/h3-5,8,11,13,15H,2,6-7,9,16H2,1H3. The van der Waals surface area contributed by atoms with Crippen LogP contribution in [0.1, 0.15) is 37.8 Å². The van der Waals surface area contributed by atoms with E-state index in [-0.39, 0.29) is 18.0 Å². The summed E-state index contributed by atoms with van der Waals surface area (Å²) < 4.78 is 5.54. The minimum atomic E-state index is -0.107. The van der Waals surface area contributed by atoms with Crippen LogP contribution in [0.2, 0.25) is 0 Å². The molecule has 0 bridgehead atoms. The lowest BCUT2D eigenvalue weighted by atomic mass is 10.0. The lowest BCUT2D eigenvalue weighted by molar-refractivity contribution is -0.129. The number of nitrogens with zero attached hydrogens (tertiary/aromatic N) is 1. The number of hydrogen-bond acceptors (Lipinski definition) is 3. The van der Waals surface area contributed by atoms with E-state index >= 15 is 0 Å². The maximum Gasteiger partial charge on any atom is 0.225 e. The summed E-state index contributed by atoms with van der Waals surface area (Å²) in [6, 6.07) is 8.29. The molecule has 1 saturated heterocycles. The van der Waals surface area contributed by atoms with Gasteiger partial charge in [0.05, 0.1) is 12.6 Å². The average Bonchev–Trinajstić information content (AvgIpc) is 3.16. The number of benzene rings is 1. The smallest absolute Gasteiger partial charge is 0.225 e. The van der Waals surface area contributed by atoms with Gasteiger partial charge in [0.15, 0.2) is 0 Å². The molecule has 1 aliphatic carbocycles. The fourth-order valence-corrected chi connectivity index (χ4v) is 2.93. The highest BCUT2D eigenvalue weighted by Crippen LogP contribution is 2.41. The summed E-state index contributed by atoms with van der Waals surface area (Å²) in [5, 5.41) is 0. The van der Waals surface area contributed by atoms with Gasteiger partial charge >= 0.3 is 0 Å². The van der Waals surface area contributed by atoms with Gasteiger partial charge in [0.2, 0.25) is 5.91 Å². The van der Waals surface area contributed by atoms with Crippen molar-refractivity contribution >= 4 is 5.91 Å². The van der Waals surface area contributed by atoms with Crippen LogP contribution < -0.4 is 10.5 Å². The summed E-state index contributed by atoms with van der Waals surface area (Å²) in [4.78, 5) is 14.1. The normalized spacial score (nSPS) is 26.8. The Labute approximate surface area is 113 Å². The summed E-state index contributed by atoms with van der Waals surface area (Å²) in [5.74, 6) is 1.05. The molecule has 1 aliphatic heterocycles. The van der Waals surface area contributed by atoms with Crippen LogP contribution in [0, 0.1) is 0 Å². The number of ether oxygens (including phenoxy) is 1. The van der Waals surface area contributed by atoms with Gasteiger partial charge in [0, 0.05) is 18.5 Å². The zero-order chi connectivity index (χ0) is 13.4. The predicted molar refractivity (Wildman–Crippen MR) is 72.8 cm³/mol. The van der Waals surface area contributed by atoms with Crippen molar-refractivity contribution in [1.29, 1.82) is 0 Å². The Morgan fingerprint density at radius 1 is 1.42 bits per heavy atom. The molecule has 2 aliphatic rings. The van der Waals surface area contributed by atoms with Crippen LogP contribution in [0.4, 0.5) is 0 Å². The lowest BCUT2D eigenvalue weighted by Crippen LogP contribution is -2.34. The van der Waals surface area contributed by atoms with Crippen LogP contribution in [0.5, 0.6) is 5.75 Å². The topological polar surface area (TPSA) is 55.6 Å². The van der Waals surface area contributed by atoms with E-state index in [1.807, 2.05) is 36.1 Å². The predicted octanol–water partition coefficient (Wildman–Crippen LogP) is 1.85. The molecule has 3 rings (SSSR count). The summed E-state index contributed by atoms with van der Waals surface area (Å²) in [6.45, 7) is 2.61. The third-order valence-corrected chi connectivity index (χ3v) is 3.85. The van der Waals surface area contributed by atoms with Crippen LogP contribution in [0.25, 0.3) is 0 Å². The van der Waals surface area contributed by atoms with E-state index in [4.69, 9.17) is 10.5 Å². The molecule has 2 N–H and O–H groups in total. The highest BCUT2D eigenvalue weighted by molar-refractivity contribution is 5.81. The Balaban J connectivity index is 1.90. The molecule has 0 aromatic heterocycles. The van der Waals surface area contributed by atoms with Gasteiger partial charge in [0.1, 0.15) is 5.75 Å². The van der Waals surface area contributed by atoms with Crippen molar-refractivity contribution in [2.75, 3.05) is 6.61 Å². The van der Waals surface area contributed by atoms with Crippen molar-refractivity contribution in [1.82, 2.24) is 4.90 Å². The molecule has 1 aromatic carbocycles. The second-order valence-electron chi connectivity index (χ2n) is 5.35. The van der Waals surface area contributed by atoms with E-state index in [1.54, 1.807) is 0 Å². The highest BCUT2D eigenvalue weighted by Gasteiger charge is 2.45. The van der Waals surface area contributed by atoms with Crippen LogP contribution in [-0.2, 0) is 4.79 Å². The Kier molecular flexibility index (Phi) is 3.19. The molecule has 1 amide bonds. The minimum Gasteiger partial charge on any atom is -0.494 e. The SMILES string of the molecule is CCOc1cccc(C2C(N)CC(=O)N2C2CC2)c1. The number of likely N-dealkylation sites (tertiary alicyclic amines) is 1. The number of carbonyl (C=O) groups excluding carboxylic acids is 1. The molecule has 1 saturated carbocycles. The first-order valence-corrected chi connectivity index (χ1v) is 7.00. The van der Waals surface area contributed by atoms with Crippen molar-refractivity contribution in [3.8, 4) is 5.75 Å². The third-order valence-electron chi connectivity index (χ3n) is 3.85. The van der Waals surface area contributed by atoms with Gasteiger partial charge in [0.25, 0.3) is 0 Å². The van der Waals surface area contributed by atoms with E-state index < -0.39 is 0 Å². The van der Waals surface area contributed by atoms with Crippen LogP contribution in [0.3, 0.4) is 0 Å². The molecule has 0 radical (unpaired) electrons. The second-order valence-corrected chi connectivity index (χ2v) is 5.35. The van der Waals surface area contributed by atoms with Gasteiger partial charge < -0.3 is 15.4 Å². The molecule has 4 nitrogen and oxygen atoms in total. The molecule has 2 unspecified atom stereocenters.